The Balaban J connectivity index is 1.90. The zero-order valence-electron chi connectivity index (χ0n) is 14.1. The lowest BCUT2D eigenvalue weighted by Crippen LogP contribution is -2.38. The molecule has 0 aliphatic heterocycles. The summed E-state index contributed by atoms with van der Waals surface area (Å²) in [5, 5.41) is 5.75. The van der Waals surface area contributed by atoms with E-state index in [4.69, 9.17) is 27.9 Å². The Bertz CT molecular complexity index is 830. The van der Waals surface area contributed by atoms with E-state index in [9.17, 15) is 14.0 Å². The average Bonchev–Trinajstić information content (AvgIpc) is 2.61. The van der Waals surface area contributed by atoms with Crippen LogP contribution >= 0.6 is 23.2 Å². The molecule has 0 saturated heterocycles. The summed E-state index contributed by atoms with van der Waals surface area (Å²) in [7, 11) is 1.37. The van der Waals surface area contributed by atoms with E-state index in [1.807, 2.05) is 0 Å². The Morgan fingerprint density at radius 1 is 1.15 bits per heavy atom. The van der Waals surface area contributed by atoms with Gasteiger partial charge >= 0.3 is 0 Å². The van der Waals surface area contributed by atoms with E-state index in [1.54, 1.807) is 13.0 Å². The molecule has 0 aliphatic rings. The number of hydrogen-bond acceptors (Lipinski definition) is 3. The fraction of sp³-hybridized carbons (Fsp3) is 0.222. The van der Waals surface area contributed by atoms with Gasteiger partial charge < -0.3 is 15.4 Å². The number of nitrogens with one attached hydrogen (secondary N) is 2. The van der Waals surface area contributed by atoms with Crippen LogP contribution in [-0.2, 0) is 4.79 Å². The molecule has 0 heterocycles. The van der Waals surface area contributed by atoms with Gasteiger partial charge in [0.1, 0.15) is 0 Å². The molecule has 0 unspecified atom stereocenters. The molecule has 2 amide bonds. The standard InChI is InChI=1S/C18H17Cl2FN2O3/c1-10(11-4-6-16(26-2)15(21)8-11)23-17(24)9-22-18(25)12-3-5-13(19)14(20)7-12/h3-8,10H,9H2,1-2H3,(H,22,25)(H,23,24)/t10-/m0/s1. The van der Waals surface area contributed by atoms with E-state index >= 15 is 0 Å². The second-order valence-electron chi connectivity index (χ2n) is 5.49. The molecule has 138 valence electrons. The summed E-state index contributed by atoms with van der Waals surface area (Å²) in [5.74, 6) is -1.26. The number of carbonyl (C=O) groups excluding carboxylic acids is 2. The van der Waals surface area contributed by atoms with Crippen LogP contribution in [0.4, 0.5) is 4.39 Å². The summed E-state index contributed by atoms with van der Waals surface area (Å²) < 4.78 is 18.6. The highest BCUT2D eigenvalue weighted by Gasteiger charge is 2.14. The van der Waals surface area contributed by atoms with Gasteiger partial charge in [-0.1, -0.05) is 29.3 Å². The quantitative estimate of drug-likeness (QED) is 0.778. The lowest BCUT2D eigenvalue weighted by atomic mass is 10.1. The van der Waals surface area contributed by atoms with Gasteiger partial charge in [-0.25, -0.2) is 4.39 Å². The van der Waals surface area contributed by atoms with Crippen molar-refractivity contribution in [1.82, 2.24) is 10.6 Å². The fourth-order valence-corrected chi connectivity index (χ4v) is 2.53. The number of halogens is 3. The predicted octanol–water partition coefficient (Wildman–Crippen LogP) is 3.75. The molecule has 2 aromatic carbocycles. The first-order valence-corrected chi connectivity index (χ1v) is 8.43. The molecule has 0 fully saturated rings. The number of hydrogen-bond donors (Lipinski definition) is 2. The third kappa shape index (κ3) is 5.09. The lowest BCUT2D eigenvalue weighted by Gasteiger charge is -2.15. The topological polar surface area (TPSA) is 67.4 Å². The molecule has 2 N–H and O–H groups in total. The SMILES string of the molecule is COc1ccc([C@H](C)NC(=O)CNC(=O)c2ccc(Cl)c(Cl)c2)cc1F. The molecule has 0 radical (unpaired) electrons. The summed E-state index contributed by atoms with van der Waals surface area (Å²) in [6.07, 6.45) is 0. The first-order valence-electron chi connectivity index (χ1n) is 7.68. The van der Waals surface area contributed by atoms with Gasteiger partial charge in [0.15, 0.2) is 11.6 Å². The summed E-state index contributed by atoms with van der Waals surface area (Å²) in [4.78, 5) is 24.0. The molecule has 0 aliphatic carbocycles. The van der Waals surface area contributed by atoms with Gasteiger partial charge in [0, 0.05) is 5.56 Å². The average molecular weight is 399 g/mol. The summed E-state index contributed by atoms with van der Waals surface area (Å²) in [6.45, 7) is 1.47. The fourth-order valence-electron chi connectivity index (χ4n) is 2.23. The third-order valence-corrected chi connectivity index (χ3v) is 4.38. The number of benzene rings is 2. The molecule has 2 aromatic rings. The van der Waals surface area contributed by atoms with E-state index in [1.165, 1.54) is 37.4 Å². The van der Waals surface area contributed by atoms with Gasteiger partial charge in [0.25, 0.3) is 5.91 Å². The van der Waals surface area contributed by atoms with Crippen molar-refractivity contribution in [2.24, 2.45) is 0 Å². The minimum Gasteiger partial charge on any atom is -0.494 e. The Kier molecular flexibility index (Phi) is 6.83. The number of amides is 2. The molecule has 0 bridgehead atoms. The van der Waals surface area contributed by atoms with Crippen molar-refractivity contribution in [2.75, 3.05) is 13.7 Å². The van der Waals surface area contributed by atoms with Crippen molar-refractivity contribution >= 4 is 35.0 Å². The van der Waals surface area contributed by atoms with Crippen molar-refractivity contribution in [3.8, 4) is 5.75 Å². The van der Waals surface area contributed by atoms with Crippen molar-refractivity contribution in [3.63, 3.8) is 0 Å². The lowest BCUT2D eigenvalue weighted by molar-refractivity contribution is -0.120. The molecular weight excluding hydrogens is 382 g/mol. The Labute approximate surface area is 160 Å². The zero-order chi connectivity index (χ0) is 19.3. The third-order valence-electron chi connectivity index (χ3n) is 3.64. The maximum absolute atomic E-state index is 13.7. The first-order chi connectivity index (χ1) is 12.3. The molecule has 8 heteroatoms. The highest BCUT2D eigenvalue weighted by Crippen LogP contribution is 2.23. The molecule has 0 saturated carbocycles. The molecule has 1 atom stereocenters. The van der Waals surface area contributed by atoms with Gasteiger partial charge in [-0.2, -0.15) is 0 Å². The molecule has 0 aromatic heterocycles. The zero-order valence-corrected chi connectivity index (χ0v) is 15.6. The normalized spacial score (nSPS) is 11.6. The second-order valence-corrected chi connectivity index (χ2v) is 6.31. The van der Waals surface area contributed by atoms with Crippen LogP contribution in [0.1, 0.15) is 28.9 Å². The van der Waals surface area contributed by atoms with Crippen molar-refractivity contribution in [1.29, 1.82) is 0 Å². The minimum absolute atomic E-state index is 0.126. The maximum atomic E-state index is 13.7. The van der Waals surface area contributed by atoms with Gasteiger partial charge in [-0.05, 0) is 42.8 Å². The van der Waals surface area contributed by atoms with Crippen LogP contribution in [0.3, 0.4) is 0 Å². The van der Waals surface area contributed by atoms with Crippen LogP contribution in [-0.4, -0.2) is 25.5 Å². The summed E-state index contributed by atoms with van der Waals surface area (Å²) in [5.41, 5.74) is 0.866. The number of ether oxygens (including phenoxy) is 1. The van der Waals surface area contributed by atoms with E-state index in [-0.39, 0.29) is 22.9 Å². The predicted molar refractivity (Wildman–Crippen MR) is 98.3 cm³/mol. The van der Waals surface area contributed by atoms with Crippen molar-refractivity contribution in [2.45, 2.75) is 13.0 Å². The molecular formula is C18H17Cl2FN2O3. The van der Waals surface area contributed by atoms with Gasteiger partial charge in [-0.15, -0.1) is 0 Å². The second kappa shape index (κ2) is 8.87. The largest absolute Gasteiger partial charge is 0.494 e. The molecule has 5 nitrogen and oxygen atoms in total. The van der Waals surface area contributed by atoms with Crippen LogP contribution < -0.4 is 15.4 Å². The number of methoxy groups -OCH3 is 1. The highest BCUT2D eigenvalue weighted by molar-refractivity contribution is 6.42. The van der Waals surface area contributed by atoms with E-state index < -0.39 is 23.7 Å². The summed E-state index contributed by atoms with van der Waals surface area (Å²) in [6, 6.07) is 8.41. The van der Waals surface area contributed by atoms with Gasteiger partial charge in [0.05, 0.1) is 29.7 Å². The van der Waals surface area contributed by atoms with Crippen LogP contribution in [0.5, 0.6) is 5.75 Å². The van der Waals surface area contributed by atoms with Crippen LogP contribution in [0.2, 0.25) is 10.0 Å². The van der Waals surface area contributed by atoms with Crippen LogP contribution in [0, 0.1) is 5.82 Å². The smallest absolute Gasteiger partial charge is 0.251 e. The van der Waals surface area contributed by atoms with Crippen molar-refractivity contribution in [3.05, 3.63) is 63.4 Å². The summed E-state index contributed by atoms with van der Waals surface area (Å²) >= 11 is 11.7. The first kappa shape index (κ1) is 20.0. The number of carbonyl (C=O) groups is 2. The highest BCUT2D eigenvalue weighted by atomic mass is 35.5. The van der Waals surface area contributed by atoms with E-state index in [2.05, 4.69) is 10.6 Å². The minimum atomic E-state index is -0.515. The van der Waals surface area contributed by atoms with Crippen LogP contribution in [0.15, 0.2) is 36.4 Å². The maximum Gasteiger partial charge on any atom is 0.251 e. The monoisotopic (exact) mass is 398 g/mol. The van der Waals surface area contributed by atoms with Crippen LogP contribution in [0.25, 0.3) is 0 Å². The molecule has 0 spiro atoms. The van der Waals surface area contributed by atoms with Gasteiger partial charge in [0.2, 0.25) is 5.91 Å². The van der Waals surface area contributed by atoms with Crippen molar-refractivity contribution < 1.29 is 18.7 Å². The van der Waals surface area contributed by atoms with Gasteiger partial charge in [-0.3, -0.25) is 9.59 Å². The Morgan fingerprint density at radius 2 is 1.88 bits per heavy atom. The Morgan fingerprint density at radius 3 is 2.50 bits per heavy atom. The van der Waals surface area contributed by atoms with E-state index in [0.717, 1.165) is 0 Å². The Hall–Kier alpha value is -2.31. The van der Waals surface area contributed by atoms with E-state index in [0.29, 0.717) is 10.6 Å². The number of rotatable bonds is 6. The molecule has 2 rings (SSSR count). The molecule has 26 heavy (non-hydrogen) atoms.